The molecule has 2 unspecified atom stereocenters. The Morgan fingerprint density at radius 2 is 2.04 bits per heavy atom. The highest BCUT2D eigenvalue weighted by atomic mass is 35.5. The molecule has 0 spiro atoms. The maximum absolute atomic E-state index is 13.2. The van der Waals surface area contributed by atoms with Crippen LogP contribution in [0.4, 0.5) is 14.5 Å². The molecule has 0 aromatic heterocycles. The van der Waals surface area contributed by atoms with Gasteiger partial charge in [-0.15, -0.1) is 11.8 Å². The number of hydrogen-bond acceptors (Lipinski definition) is 4. The fourth-order valence-electron chi connectivity index (χ4n) is 2.78. The molecule has 2 atom stereocenters. The molecule has 0 bridgehead atoms. The second kappa shape index (κ2) is 9.36. The normalized spacial score (nSPS) is 19.2. The average molecular weight is 426 g/mol. The predicted molar refractivity (Wildman–Crippen MR) is 106 cm³/mol. The van der Waals surface area contributed by atoms with E-state index in [2.05, 4.69) is 16.0 Å². The summed E-state index contributed by atoms with van der Waals surface area (Å²) in [5.41, 5.74) is 0.837. The number of amides is 2. The number of thioether (sulfide) groups is 1. The molecule has 0 aliphatic carbocycles. The minimum Gasteiger partial charge on any atom is -0.332 e. The topological polar surface area (TPSA) is 70.2 Å². The number of anilines is 1. The third-order valence-corrected chi connectivity index (χ3v) is 5.37. The summed E-state index contributed by atoms with van der Waals surface area (Å²) < 4.78 is 26.2. The maximum Gasteiger partial charge on any atom is 0.225 e. The van der Waals surface area contributed by atoms with Crippen LogP contribution >= 0.6 is 23.4 Å². The lowest BCUT2D eigenvalue weighted by Crippen LogP contribution is -2.55. The van der Waals surface area contributed by atoms with Crippen molar-refractivity contribution >= 4 is 40.9 Å². The van der Waals surface area contributed by atoms with Gasteiger partial charge in [-0.05, 0) is 29.8 Å². The van der Waals surface area contributed by atoms with Crippen LogP contribution in [0, 0.1) is 11.6 Å². The van der Waals surface area contributed by atoms with Crippen LogP contribution in [0.2, 0.25) is 5.02 Å². The number of carbonyl (C=O) groups excluding carboxylic acids is 2. The zero-order chi connectivity index (χ0) is 20.1. The monoisotopic (exact) mass is 425 g/mol. The van der Waals surface area contributed by atoms with E-state index in [-0.39, 0.29) is 36.0 Å². The molecule has 9 heteroatoms. The SMILES string of the molecule is O=C(CC1CC(=O)NC(SCc2cccc(Cl)c2)N1)Nc1ccc(F)c(F)c1. The number of nitrogens with one attached hydrogen (secondary N) is 3. The van der Waals surface area contributed by atoms with Crippen molar-refractivity contribution in [2.45, 2.75) is 30.1 Å². The zero-order valence-electron chi connectivity index (χ0n) is 14.7. The van der Waals surface area contributed by atoms with Gasteiger partial charge >= 0.3 is 0 Å². The lowest BCUT2D eigenvalue weighted by atomic mass is 10.1. The van der Waals surface area contributed by atoms with E-state index in [1.165, 1.54) is 17.8 Å². The molecule has 1 aliphatic heterocycles. The molecule has 1 aliphatic rings. The first-order chi connectivity index (χ1) is 13.4. The molecule has 2 aromatic carbocycles. The van der Waals surface area contributed by atoms with E-state index in [0.717, 1.165) is 17.7 Å². The molecule has 1 saturated heterocycles. The van der Waals surface area contributed by atoms with Gasteiger partial charge in [0.25, 0.3) is 0 Å². The standard InChI is InChI=1S/C19H18ClF2N3O2S/c20-12-3-1-2-11(6-12)10-28-19-24-14(9-18(27)25-19)8-17(26)23-13-4-5-15(21)16(22)7-13/h1-7,14,19,24H,8-10H2,(H,23,26)(H,25,27). The summed E-state index contributed by atoms with van der Waals surface area (Å²) in [5, 5.41) is 9.19. The van der Waals surface area contributed by atoms with Crippen LogP contribution in [0.1, 0.15) is 18.4 Å². The summed E-state index contributed by atoms with van der Waals surface area (Å²) >= 11 is 7.45. The van der Waals surface area contributed by atoms with Gasteiger partial charge in [0.1, 0.15) is 5.50 Å². The molecule has 148 valence electrons. The van der Waals surface area contributed by atoms with Gasteiger partial charge in [-0.3, -0.25) is 14.9 Å². The molecule has 0 saturated carbocycles. The van der Waals surface area contributed by atoms with E-state index in [1.54, 1.807) is 6.07 Å². The van der Waals surface area contributed by atoms with Gasteiger partial charge in [0, 0.05) is 41.4 Å². The van der Waals surface area contributed by atoms with Crippen molar-refractivity contribution in [3.8, 4) is 0 Å². The van der Waals surface area contributed by atoms with Gasteiger partial charge in [-0.2, -0.15) is 0 Å². The average Bonchev–Trinajstić information content (AvgIpc) is 2.63. The van der Waals surface area contributed by atoms with Crippen molar-refractivity contribution in [1.82, 2.24) is 10.6 Å². The quantitative estimate of drug-likeness (QED) is 0.660. The van der Waals surface area contributed by atoms with Crippen LogP contribution in [-0.4, -0.2) is 23.4 Å². The van der Waals surface area contributed by atoms with E-state index < -0.39 is 17.5 Å². The van der Waals surface area contributed by atoms with Gasteiger partial charge in [0.2, 0.25) is 11.8 Å². The molecule has 2 aromatic rings. The number of benzene rings is 2. The van der Waals surface area contributed by atoms with E-state index >= 15 is 0 Å². The molecule has 28 heavy (non-hydrogen) atoms. The molecule has 1 fully saturated rings. The molecule has 5 nitrogen and oxygen atoms in total. The van der Waals surface area contributed by atoms with Crippen molar-refractivity contribution in [3.63, 3.8) is 0 Å². The van der Waals surface area contributed by atoms with Gasteiger partial charge < -0.3 is 10.6 Å². The van der Waals surface area contributed by atoms with Gasteiger partial charge in [-0.1, -0.05) is 23.7 Å². The van der Waals surface area contributed by atoms with Gasteiger partial charge in [-0.25, -0.2) is 8.78 Å². The summed E-state index contributed by atoms with van der Waals surface area (Å²) in [6.45, 7) is 0. The molecule has 0 radical (unpaired) electrons. The number of hydrogen-bond donors (Lipinski definition) is 3. The summed E-state index contributed by atoms with van der Waals surface area (Å²) in [4.78, 5) is 24.1. The number of halogens is 3. The fraction of sp³-hybridized carbons (Fsp3) is 0.263. The maximum atomic E-state index is 13.2. The summed E-state index contributed by atoms with van der Waals surface area (Å²) in [7, 11) is 0. The van der Waals surface area contributed by atoms with E-state index in [4.69, 9.17) is 11.6 Å². The lowest BCUT2D eigenvalue weighted by molar-refractivity contribution is -0.124. The molecule has 1 heterocycles. The minimum atomic E-state index is -1.04. The van der Waals surface area contributed by atoms with E-state index in [9.17, 15) is 18.4 Å². The summed E-state index contributed by atoms with van der Waals surface area (Å²) in [5.74, 6) is -1.94. The Morgan fingerprint density at radius 3 is 2.79 bits per heavy atom. The Kier molecular flexibility index (Phi) is 6.88. The van der Waals surface area contributed by atoms with Crippen LogP contribution in [0.5, 0.6) is 0 Å². The first kappa shape index (κ1) is 20.6. The highest BCUT2D eigenvalue weighted by Crippen LogP contribution is 2.21. The highest BCUT2D eigenvalue weighted by molar-refractivity contribution is 7.99. The van der Waals surface area contributed by atoms with Crippen molar-refractivity contribution in [3.05, 3.63) is 64.7 Å². The van der Waals surface area contributed by atoms with Gasteiger partial charge in [0.15, 0.2) is 11.6 Å². The van der Waals surface area contributed by atoms with Crippen LogP contribution in [0.25, 0.3) is 0 Å². The zero-order valence-corrected chi connectivity index (χ0v) is 16.2. The molecule has 3 rings (SSSR count). The predicted octanol–water partition coefficient (Wildman–Crippen LogP) is 3.64. The number of rotatable bonds is 6. The first-order valence-electron chi connectivity index (χ1n) is 8.55. The Bertz CT molecular complexity index is 884. The lowest BCUT2D eigenvalue weighted by Gasteiger charge is -2.31. The number of carbonyl (C=O) groups is 2. The first-order valence-corrected chi connectivity index (χ1v) is 9.98. The molecular weight excluding hydrogens is 408 g/mol. The second-order valence-electron chi connectivity index (χ2n) is 6.34. The van der Waals surface area contributed by atoms with E-state index in [0.29, 0.717) is 10.8 Å². The molecule has 2 amide bonds. The molecule has 3 N–H and O–H groups in total. The van der Waals surface area contributed by atoms with Crippen molar-refractivity contribution < 1.29 is 18.4 Å². The van der Waals surface area contributed by atoms with Crippen LogP contribution in [0.3, 0.4) is 0 Å². The molecular formula is C19H18ClF2N3O2S. The highest BCUT2D eigenvalue weighted by Gasteiger charge is 2.27. The van der Waals surface area contributed by atoms with E-state index in [1.807, 2.05) is 18.2 Å². The van der Waals surface area contributed by atoms with Crippen LogP contribution < -0.4 is 16.0 Å². The fourth-order valence-corrected chi connectivity index (χ4v) is 4.04. The Balaban J connectivity index is 1.52. The van der Waals surface area contributed by atoms with Crippen molar-refractivity contribution in [1.29, 1.82) is 0 Å². The summed E-state index contributed by atoms with van der Waals surface area (Å²) in [6, 6.07) is 10.2. The van der Waals surface area contributed by atoms with Crippen molar-refractivity contribution in [2.75, 3.05) is 5.32 Å². The Morgan fingerprint density at radius 1 is 1.21 bits per heavy atom. The van der Waals surface area contributed by atoms with Gasteiger partial charge in [0.05, 0.1) is 0 Å². The van der Waals surface area contributed by atoms with Crippen LogP contribution in [-0.2, 0) is 15.3 Å². The second-order valence-corrected chi connectivity index (χ2v) is 7.87. The Labute approximate surface area is 170 Å². The van der Waals surface area contributed by atoms with Crippen molar-refractivity contribution in [2.24, 2.45) is 0 Å². The summed E-state index contributed by atoms with van der Waals surface area (Å²) in [6.07, 6.45) is 0.181. The largest absolute Gasteiger partial charge is 0.332 e. The smallest absolute Gasteiger partial charge is 0.225 e. The minimum absolute atomic E-state index is 0.0284. The third-order valence-electron chi connectivity index (χ3n) is 4.05. The third kappa shape index (κ3) is 5.92. The Hall–Kier alpha value is -2.16. The van der Waals surface area contributed by atoms with Crippen LogP contribution in [0.15, 0.2) is 42.5 Å².